The summed E-state index contributed by atoms with van der Waals surface area (Å²) < 4.78 is 0. The highest BCUT2D eigenvalue weighted by Crippen LogP contribution is 2.29. The molecule has 1 atom stereocenters. The van der Waals surface area contributed by atoms with Crippen LogP contribution < -0.4 is 10.6 Å². The van der Waals surface area contributed by atoms with Crippen molar-refractivity contribution >= 4 is 11.6 Å². The Hall–Kier alpha value is -1.55. The van der Waals surface area contributed by atoms with E-state index in [-0.39, 0.29) is 17.6 Å². The summed E-state index contributed by atoms with van der Waals surface area (Å²) in [5.41, 5.74) is 2.24. The second-order valence-corrected chi connectivity index (χ2v) is 5.10. The van der Waals surface area contributed by atoms with Gasteiger partial charge in [0, 0.05) is 17.2 Å². The monoisotopic (exact) mass is 248 g/mol. The smallest absolute Gasteiger partial charge is 0.227 e. The maximum atomic E-state index is 12.1. The van der Waals surface area contributed by atoms with E-state index in [9.17, 15) is 9.90 Å². The minimum atomic E-state index is -0.00547. The van der Waals surface area contributed by atoms with Gasteiger partial charge < -0.3 is 15.7 Å². The lowest BCUT2D eigenvalue weighted by atomic mass is 9.88. The van der Waals surface area contributed by atoms with E-state index >= 15 is 0 Å². The Bertz CT molecular complexity index is 467. The first kappa shape index (κ1) is 12.9. The maximum absolute atomic E-state index is 12.1. The first-order valence-corrected chi connectivity index (χ1v) is 6.31. The van der Waals surface area contributed by atoms with E-state index < -0.39 is 0 Å². The molecule has 0 spiro atoms. The van der Waals surface area contributed by atoms with Crippen molar-refractivity contribution in [3.05, 3.63) is 23.3 Å². The van der Waals surface area contributed by atoms with Gasteiger partial charge >= 0.3 is 0 Å². The summed E-state index contributed by atoms with van der Waals surface area (Å²) in [6, 6.07) is 3.65. The summed E-state index contributed by atoms with van der Waals surface area (Å²) in [4.78, 5) is 12.1. The molecular formula is C14H20N2O2. The zero-order chi connectivity index (χ0) is 13.3. The molecule has 18 heavy (non-hydrogen) atoms. The number of nitrogens with one attached hydrogen (secondary N) is 2. The van der Waals surface area contributed by atoms with Gasteiger partial charge in [0.15, 0.2) is 0 Å². The normalized spacial score (nSPS) is 17.1. The number of anilines is 1. The van der Waals surface area contributed by atoms with Crippen molar-refractivity contribution in [3.63, 3.8) is 0 Å². The number of hydrogen-bond donors (Lipinski definition) is 3. The van der Waals surface area contributed by atoms with Crippen LogP contribution in [0.2, 0.25) is 0 Å². The highest BCUT2D eigenvalue weighted by molar-refractivity contribution is 5.93. The van der Waals surface area contributed by atoms with Gasteiger partial charge in [-0.15, -0.1) is 0 Å². The Morgan fingerprint density at radius 1 is 1.44 bits per heavy atom. The Labute approximate surface area is 107 Å². The fourth-order valence-electron chi connectivity index (χ4n) is 2.10. The number of phenolic OH excluding ortho intramolecular Hbond substituents is 1. The van der Waals surface area contributed by atoms with Crippen LogP contribution in [-0.2, 0) is 4.79 Å². The molecule has 1 aromatic carbocycles. The number of aryl methyl sites for hydroxylation is 1. The van der Waals surface area contributed by atoms with Crippen LogP contribution in [0.3, 0.4) is 0 Å². The predicted molar refractivity (Wildman–Crippen MR) is 71.7 cm³/mol. The van der Waals surface area contributed by atoms with E-state index in [4.69, 9.17) is 0 Å². The van der Waals surface area contributed by atoms with Gasteiger partial charge in [0.2, 0.25) is 5.91 Å². The molecule has 0 saturated carbocycles. The summed E-state index contributed by atoms with van der Waals surface area (Å²) in [7, 11) is 0. The second-order valence-electron chi connectivity index (χ2n) is 5.10. The van der Waals surface area contributed by atoms with Crippen molar-refractivity contribution in [2.45, 2.75) is 20.8 Å². The van der Waals surface area contributed by atoms with E-state index in [1.165, 1.54) is 0 Å². The Kier molecular flexibility index (Phi) is 3.57. The van der Waals surface area contributed by atoms with Crippen molar-refractivity contribution in [2.24, 2.45) is 11.8 Å². The molecule has 0 bridgehead atoms. The molecule has 4 nitrogen and oxygen atoms in total. The fraction of sp³-hybridized carbons (Fsp3) is 0.500. The molecule has 1 aliphatic rings. The Morgan fingerprint density at radius 2 is 2.11 bits per heavy atom. The zero-order valence-electron chi connectivity index (χ0n) is 11.1. The Morgan fingerprint density at radius 3 is 2.67 bits per heavy atom. The number of phenols is 1. The average molecular weight is 248 g/mol. The number of rotatable bonds is 3. The second kappa shape index (κ2) is 4.98. The third-order valence-corrected chi connectivity index (χ3v) is 3.82. The first-order chi connectivity index (χ1) is 8.50. The topological polar surface area (TPSA) is 61.4 Å². The van der Waals surface area contributed by atoms with Crippen LogP contribution in [0.1, 0.15) is 18.1 Å². The van der Waals surface area contributed by atoms with Gasteiger partial charge in [-0.2, -0.15) is 0 Å². The summed E-state index contributed by atoms with van der Waals surface area (Å²) >= 11 is 0. The first-order valence-electron chi connectivity index (χ1n) is 6.31. The molecular weight excluding hydrogens is 228 g/mol. The van der Waals surface area contributed by atoms with Gasteiger partial charge in [-0.3, -0.25) is 4.79 Å². The maximum Gasteiger partial charge on any atom is 0.227 e. The number of carbonyl (C=O) groups excluding carboxylic acids is 1. The number of hydrogen-bond acceptors (Lipinski definition) is 3. The summed E-state index contributed by atoms with van der Waals surface area (Å²) in [6.45, 7) is 7.42. The molecule has 0 aliphatic carbocycles. The quantitative estimate of drug-likeness (QED) is 0.764. The SMILES string of the molecule is Cc1ccc(NC(=O)C(C)C2CNC2)c(C)c1O. The molecule has 1 fully saturated rings. The highest BCUT2D eigenvalue weighted by atomic mass is 16.3. The van der Waals surface area contributed by atoms with Crippen molar-refractivity contribution in [2.75, 3.05) is 18.4 Å². The molecule has 1 saturated heterocycles. The van der Waals surface area contributed by atoms with Crippen LogP contribution in [0.5, 0.6) is 5.75 Å². The van der Waals surface area contributed by atoms with E-state index in [0.29, 0.717) is 11.6 Å². The lowest BCUT2D eigenvalue weighted by Crippen LogP contribution is -2.48. The molecule has 4 heteroatoms. The summed E-state index contributed by atoms with van der Waals surface area (Å²) in [6.07, 6.45) is 0. The van der Waals surface area contributed by atoms with Crippen LogP contribution in [0.4, 0.5) is 5.69 Å². The average Bonchev–Trinajstić information content (AvgIpc) is 2.27. The standard InChI is InChI=1S/C14H20N2O2/c1-8-4-5-12(10(3)13(8)17)16-14(18)9(2)11-6-15-7-11/h4-5,9,11,15,17H,6-7H2,1-3H3,(H,16,18). The minimum absolute atomic E-state index is 0.00547. The van der Waals surface area contributed by atoms with Crippen LogP contribution in [0, 0.1) is 25.7 Å². The van der Waals surface area contributed by atoms with Gasteiger partial charge in [0.1, 0.15) is 5.75 Å². The summed E-state index contributed by atoms with van der Waals surface area (Å²) in [5.74, 6) is 0.692. The molecule has 2 rings (SSSR count). The molecule has 1 heterocycles. The molecule has 0 radical (unpaired) electrons. The van der Waals surface area contributed by atoms with Gasteiger partial charge in [0.05, 0.1) is 0 Å². The fourth-order valence-corrected chi connectivity index (χ4v) is 2.10. The summed E-state index contributed by atoms with van der Waals surface area (Å²) in [5, 5.41) is 15.9. The van der Waals surface area contributed by atoms with Gasteiger partial charge in [-0.25, -0.2) is 0 Å². The van der Waals surface area contributed by atoms with E-state index in [0.717, 1.165) is 24.2 Å². The van der Waals surface area contributed by atoms with Crippen LogP contribution in [-0.4, -0.2) is 24.1 Å². The largest absolute Gasteiger partial charge is 0.507 e. The van der Waals surface area contributed by atoms with Crippen LogP contribution in [0.25, 0.3) is 0 Å². The van der Waals surface area contributed by atoms with E-state index in [2.05, 4.69) is 10.6 Å². The van der Waals surface area contributed by atoms with Crippen molar-refractivity contribution in [1.82, 2.24) is 5.32 Å². The van der Waals surface area contributed by atoms with Gasteiger partial charge in [-0.1, -0.05) is 13.0 Å². The van der Waals surface area contributed by atoms with E-state index in [1.54, 1.807) is 0 Å². The lowest BCUT2D eigenvalue weighted by Gasteiger charge is -2.31. The van der Waals surface area contributed by atoms with Crippen molar-refractivity contribution in [1.29, 1.82) is 0 Å². The molecule has 1 amide bonds. The molecule has 0 aromatic heterocycles. The molecule has 3 N–H and O–H groups in total. The number of benzene rings is 1. The minimum Gasteiger partial charge on any atom is -0.507 e. The number of amides is 1. The van der Waals surface area contributed by atoms with Gasteiger partial charge in [0.25, 0.3) is 0 Å². The van der Waals surface area contributed by atoms with Crippen molar-refractivity contribution in [3.8, 4) is 5.75 Å². The molecule has 98 valence electrons. The lowest BCUT2D eigenvalue weighted by molar-refractivity contribution is -0.121. The third-order valence-electron chi connectivity index (χ3n) is 3.82. The molecule has 1 unspecified atom stereocenters. The van der Waals surface area contributed by atoms with E-state index in [1.807, 2.05) is 32.9 Å². The highest BCUT2D eigenvalue weighted by Gasteiger charge is 2.28. The van der Waals surface area contributed by atoms with Crippen LogP contribution >= 0.6 is 0 Å². The van der Waals surface area contributed by atoms with Crippen molar-refractivity contribution < 1.29 is 9.90 Å². The predicted octanol–water partition coefficient (Wildman–Crippen LogP) is 1.80. The third kappa shape index (κ3) is 2.34. The van der Waals surface area contributed by atoms with Gasteiger partial charge in [-0.05, 0) is 44.5 Å². The number of aromatic hydroxyl groups is 1. The zero-order valence-corrected chi connectivity index (χ0v) is 11.1. The Balaban J connectivity index is 2.09. The van der Waals surface area contributed by atoms with Crippen LogP contribution in [0.15, 0.2) is 12.1 Å². The number of carbonyl (C=O) groups is 1. The molecule has 1 aliphatic heterocycles. The molecule has 1 aromatic rings.